The van der Waals surface area contributed by atoms with Crippen molar-refractivity contribution in [3.63, 3.8) is 0 Å². The van der Waals surface area contributed by atoms with Crippen LogP contribution in [0.4, 0.5) is 0 Å². The molecule has 148 valence electrons. The number of piperidine rings is 1. The second kappa shape index (κ2) is 10.2. The Morgan fingerprint density at radius 2 is 1.96 bits per heavy atom. The van der Waals surface area contributed by atoms with Crippen molar-refractivity contribution in [1.82, 2.24) is 4.90 Å². The second-order valence-corrected chi connectivity index (χ2v) is 7.41. The largest absolute Gasteiger partial charge is 0.481 e. The molecule has 1 aliphatic heterocycles. The molecule has 1 fully saturated rings. The van der Waals surface area contributed by atoms with Crippen molar-refractivity contribution in [2.75, 3.05) is 32.8 Å². The molecule has 0 amide bonds. The fourth-order valence-corrected chi connectivity index (χ4v) is 3.71. The average molecular weight is 380 g/mol. The van der Waals surface area contributed by atoms with E-state index in [1.807, 2.05) is 6.07 Å². The maximum absolute atomic E-state index is 11.2. The number of aliphatic carboxylic acids is 1. The minimum absolute atomic E-state index is 0.236. The normalized spacial score (nSPS) is 18.2. The quantitative estimate of drug-likeness (QED) is 0.697. The molecule has 1 N–H and O–H groups in total. The van der Waals surface area contributed by atoms with E-state index in [4.69, 9.17) is 4.74 Å². The van der Waals surface area contributed by atoms with E-state index in [2.05, 4.69) is 66.4 Å². The standard InChI is InChI=1S/C24H29NO3/c1-19-7-5-10-21(17-19)23(20-8-3-2-4-9-20)12-15-28-16-14-25-13-6-11-22(18-25)24(26)27/h2-5,7-10,12,17,22H,6,11,13-16,18H2,1H3,(H,26,27)/b23-12-/t22-/m1/s1. The molecule has 28 heavy (non-hydrogen) atoms. The van der Waals surface area contributed by atoms with Crippen LogP contribution in [0.15, 0.2) is 60.7 Å². The van der Waals surface area contributed by atoms with Gasteiger partial charge in [0.1, 0.15) is 0 Å². The van der Waals surface area contributed by atoms with E-state index in [0.29, 0.717) is 19.8 Å². The molecule has 4 nitrogen and oxygen atoms in total. The number of nitrogens with zero attached hydrogens (tertiary/aromatic N) is 1. The molecule has 1 heterocycles. The molecule has 0 spiro atoms. The van der Waals surface area contributed by atoms with Gasteiger partial charge in [-0.05, 0) is 43.0 Å². The Labute approximate surface area is 167 Å². The molecule has 2 aromatic carbocycles. The Hall–Kier alpha value is -2.43. The van der Waals surface area contributed by atoms with Crippen LogP contribution in [0.2, 0.25) is 0 Å². The Bertz CT molecular complexity index is 801. The molecule has 4 heteroatoms. The van der Waals surface area contributed by atoms with E-state index < -0.39 is 5.97 Å². The average Bonchev–Trinajstić information content (AvgIpc) is 2.71. The molecule has 1 atom stereocenters. The van der Waals surface area contributed by atoms with Gasteiger partial charge >= 0.3 is 5.97 Å². The van der Waals surface area contributed by atoms with Crippen LogP contribution in [0.25, 0.3) is 5.57 Å². The number of carbonyl (C=O) groups is 1. The number of likely N-dealkylation sites (tertiary alicyclic amines) is 1. The van der Waals surface area contributed by atoms with Crippen LogP contribution in [0, 0.1) is 12.8 Å². The van der Waals surface area contributed by atoms with Gasteiger partial charge in [-0.15, -0.1) is 0 Å². The van der Waals surface area contributed by atoms with Crippen molar-refractivity contribution in [1.29, 1.82) is 0 Å². The smallest absolute Gasteiger partial charge is 0.307 e. The minimum atomic E-state index is -0.681. The van der Waals surface area contributed by atoms with E-state index in [-0.39, 0.29) is 5.92 Å². The molecular weight excluding hydrogens is 350 g/mol. The van der Waals surface area contributed by atoms with Crippen LogP contribution < -0.4 is 0 Å². The first kappa shape index (κ1) is 20.3. The topological polar surface area (TPSA) is 49.8 Å². The van der Waals surface area contributed by atoms with Crippen LogP contribution in [-0.2, 0) is 9.53 Å². The number of hydrogen-bond donors (Lipinski definition) is 1. The summed E-state index contributed by atoms with van der Waals surface area (Å²) in [6.45, 7) is 5.62. The fourth-order valence-electron chi connectivity index (χ4n) is 3.71. The Balaban J connectivity index is 1.57. The van der Waals surface area contributed by atoms with Crippen LogP contribution in [-0.4, -0.2) is 48.8 Å². The number of ether oxygens (including phenoxy) is 1. The van der Waals surface area contributed by atoms with Crippen LogP contribution >= 0.6 is 0 Å². The number of carboxylic acid groups (broad SMARTS) is 1. The van der Waals surface area contributed by atoms with Gasteiger partial charge in [0.05, 0.1) is 19.1 Å². The number of hydrogen-bond acceptors (Lipinski definition) is 3. The lowest BCUT2D eigenvalue weighted by Crippen LogP contribution is -2.40. The Morgan fingerprint density at radius 1 is 1.18 bits per heavy atom. The van der Waals surface area contributed by atoms with Gasteiger partial charge in [-0.1, -0.05) is 66.2 Å². The van der Waals surface area contributed by atoms with Gasteiger partial charge in [0.25, 0.3) is 0 Å². The van der Waals surface area contributed by atoms with Crippen LogP contribution in [0.3, 0.4) is 0 Å². The van der Waals surface area contributed by atoms with Crippen LogP contribution in [0.5, 0.6) is 0 Å². The lowest BCUT2D eigenvalue weighted by Gasteiger charge is -2.30. The van der Waals surface area contributed by atoms with Gasteiger partial charge in [0.15, 0.2) is 0 Å². The zero-order valence-corrected chi connectivity index (χ0v) is 16.5. The Morgan fingerprint density at radius 3 is 2.71 bits per heavy atom. The first-order chi connectivity index (χ1) is 13.6. The van der Waals surface area contributed by atoms with Crippen LogP contribution in [0.1, 0.15) is 29.5 Å². The van der Waals surface area contributed by atoms with Gasteiger partial charge in [0, 0.05) is 13.1 Å². The van der Waals surface area contributed by atoms with Crippen molar-refractivity contribution in [3.05, 3.63) is 77.4 Å². The minimum Gasteiger partial charge on any atom is -0.481 e. The Kier molecular flexibility index (Phi) is 7.40. The van der Waals surface area contributed by atoms with Crippen molar-refractivity contribution in [2.45, 2.75) is 19.8 Å². The highest BCUT2D eigenvalue weighted by atomic mass is 16.5. The van der Waals surface area contributed by atoms with Crippen molar-refractivity contribution in [3.8, 4) is 0 Å². The molecule has 0 radical (unpaired) electrons. The summed E-state index contributed by atoms with van der Waals surface area (Å²) in [6.07, 6.45) is 3.87. The first-order valence-electron chi connectivity index (χ1n) is 9.99. The molecule has 0 bridgehead atoms. The molecule has 1 aliphatic rings. The second-order valence-electron chi connectivity index (χ2n) is 7.41. The molecule has 2 aromatic rings. The van der Waals surface area contributed by atoms with Crippen molar-refractivity contribution in [2.24, 2.45) is 5.92 Å². The number of carboxylic acids is 1. The van der Waals surface area contributed by atoms with Gasteiger partial charge in [-0.3, -0.25) is 4.79 Å². The maximum Gasteiger partial charge on any atom is 0.307 e. The van der Waals surface area contributed by atoms with E-state index in [1.54, 1.807) is 0 Å². The van der Waals surface area contributed by atoms with Gasteiger partial charge < -0.3 is 14.7 Å². The third-order valence-corrected chi connectivity index (χ3v) is 5.23. The summed E-state index contributed by atoms with van der Waals surface area (Å²) < 4.78 is 5.87. The van der Waals surface area contributed by atoms with E-state index in [9.17, 15) is 9.90 Å². The predicted molar refractivity (Wildman–Crippen MR) is 112 cm³/mol. The van der Waals surface area contributed by atoms with E-state index >= 15 is 0 Å². The molecule has 3 rings (SSSR count). The van der Waals surface area contributed by atoms with Crippen molar-refractivity contribution >= 4 is 11.5 Å². The molecule has 1 saturated heterocycles. The van der Waals surface area contributed by atoms with E-state index in [1.165, 1.54) is 22.3 Å². The zero-order chi connectivity index (χ0) is 19.8. The van der Waals surface area contributed by atoms with E-state index in [0.717, 1.165) is 25.9 Å². The molecule has 0 aliphatic carbocycles. The van der Waals surface area contributed by atoms with Crippen molar-refractivity contribution < 1.29 is 14.6 Å². The lowest BCUT2D eigenvalue weighted by molar-refractivity contribution is -0.143. The monoisotopic (exact) mass is 379 g/mol. The number of benzene rings is 2. The maximum atomic E-state index is 11.2. The third-order valence-electron chi connectivity index (χ3n) is 5.23. The molecule has 0 unspecified atom stereocenters. The van der Waals surface area contributed by atoms with Gasteiger partial charge in [0.2, 0.25) is 0 Å². The highest BCUT2D eigenvalue weighted by molar-refractivity contribution is 5.80. The summed E-state index contributed by atoms with van der Waals surface area (Å²) in [5.41, 5.74) is 4.78. The number of rotatable bonds is 8. The summed E-state index contributed by atoms with van der Waals surface area (Å²) >= 11 is 0. The fraction of sp³-hybridized carbons (Fsp3) is 0.375. The van der Waals surface area contributed by atoms with Gasteiger partial charge in [-0.2, -0.15) is 0 Å². The summed E-state index contributed by atoms with van der Waals surface area (Å²) in [5, 5.41) is 9.20. The third kappa shape index (κ3) is 5.78. The lowest BCUT2D eigenvalue weighted by atomic mass is 9.96. The SMILES string of the molecule is Cc1cccc(/C(=C\COCCN2CCC[C@@H](C(=O)O)C2)c2ccccc2)c1. The van der Waals surface area contributed by atoms with Gasteiger partial charge in [-0.25, -0.2) is 0 Å². The highest BCUT2D eigenvalue weighted by Gasteiger charge is 2.24. The highest BCUT2D eigenvalue weighted by Crippen LogP contribution is 2.24. The first-order valence-corrected chi connectivity index (χ1v) is 9.99. The number of aryl methyl sites for hydroxylation is 1. The summed E-state index contributed by atoms with van der Waals surface area (Å²) in [5.74, 6) is -0.918. The molecular formula is C24H29NO3. The summed E-state index contributed by atoms with van der Waals surface area (Å²) in [7, 11) is 0. The summed E-state index contributed by atoms with van der Waals surface area (Å²) in [6, 6.07) is 18.9. The molecule has 0 saturated carbocycles. The molecule has 0 aromatic heterocycles. The zero-order valence-electron chi connectivity index (χ0n) is 16.5. The predicted octanol–water partition coefficient (Wildman–Crippen LogP) is 4.24. The summed E-state index contributed by atoms with van der Waals surface area (Å²) in [4.78, 5) is 13.4.